The molecule has 0 fully saturated rings. The Morgan fingerprint density at radius 3 is 2.70 bits per heavy atom. The average molecular weight is 289 g/mol. The Kier molecular flexibility index (Phi) is 4.21. The van der Waals surface area contributed by atoms with E-state index in [1.165, 1.54) is 29.5 Å². The van der Waals surface area contributed by atoms with Crippen molar-refractivity contribution in [3.63, 3.8) is 0 Å². The van der Waals surface area contributed by atoms with Gasteiger partial charge in [-0.1, -0.05) is 18.2 Å². The molecule has 20 heavy (non-hydrogen) atoms. The summed E-state index contributed by atoms with van der Waals surface area (Å²) in [6.45, 7) is 1.76. The first-order valence-corrected chi connectivity index (χ1v) is 6.59. The van der Waals surface area contributed by atoms with E-state index in [4.69, 9.17) is 0 Å². The van der Waals surface area contributed by atoms with Crippen molar-refractivity contribution >= 4 is 28.6 Å². The number of carbonyl (C=O) groups excluding carboxylic acids is 1. The van der Waals surface area contributed by atoms with E-state index in [0.717, 1.165) is 4.88 Å². The molecule has 6 nitrogen and oxygen atoms in total. The number of para-hydroxylation sites is 1. The van der Waals surface area contributed by atoms with Gasteiger partial charge < -0.3 is 0 Å². The highest BCUT2D eigenvalue weighted by atomic mass is 32.1. The molecule has 7 heteroatoms. The van der Waals surface area contributed by atoms with Gasteiger partial charge in [0.2, 0.25) is 0 Å². The van der Waals surface area contributed by atoms with Crippen LogP contribution in [0.1, 0.15) is 22.2 Å². The van der Waals surface area contributed by atoms with Crippen molar-refractivity contribution in [2.45, 2.75) is 6.92 Å². The second kappa shape index (κ2) is 6.07. The van der Waals surface area contributed by atoms with E-state index >= 15 is 0 Å². The van der Waals surface area contributed by atoms with Crippen LogP contribution in [0.4, 0.5) is 5.69 Å². The van der Waals surface area contributed by atoms with Crippen LogP contribution in [0.5, 0.6) is 0 Å². The van der Waals surface area contributed by atoms with Gasteiger partial charge in [0.1, 0.15) is 5.56 Å². The number of amides is 1. The Balaban J connectivity index is 2.17. The SMILES string of the molecule is CC(=NNC(=O)c1ccccc1[N+](=O)[O-])c1cccs1. The number of hydrogen-bond donors (Lipinski definition) is 1. The first-order valence-electron chi connectivity index (χ1n) is 5.71. The minimum atomic E-state index is -0.604. The average Bonchev–Trinajstić information content (AvgIpc) is 2.98. The molecule has 1 aromatic carbocycles. The third-order valence-electron chi connectivity index (χ3n) is 2.55. The third-order valence-corrected chi connectivity index (χ3v) is 3.53. The Morgan fingerprint density at radius 1 is 1.30 bits per heavy atom. The molecule has 2 rings (SSSR count). The van der Waals surface area contributed by atoms with Crippen LogP contribution in [-0.2, 0) is 0 Å². The number of thiophene rings is 1. The molecule has 1 aromatic heterocycles. The van der Waals surface area contributed by atoms with Crippen LogP contribution in [0.15, 0.2) is 46.9 Å². The topological polar surface area (TPSA) is 84.6 Å². The predicted molar refractivity (Wildman–Crippen MR) is 77.1 cm³/mol. The second-order valence-corrected chi connectivity index (χ2v) is 4.84. The molecule has 0 bridgehead atoms. The van der Waals surface area contributed by atoms with Crippen molar-refractivity contribution in [2.75, 3.05) is 0 Å². The highest BCUT2D eigenvalue weighted by Gasteiger charge is 2.18. The number of carbonyl (C=O) groups is 1. The Labute approximate surface area is 118 Å². The lowest BCUT2D eigenvalue weighted by molar-refractivity contribution is -0.385. The van der Waals surface area contributed by atoms with Crippen LogP contribution in [0.2, 0.25) is 0 Å². The zero-order chi connectivity index (χ0) is 14.5. The van der Waals surface area contributed by atoms with Crippen molar-refractivity contribution in [3.8, 4) is 0 Å². The first kappa shape index (κ1) is 13.9. The minimum absolute atomic E-state index is 0.0137. The number of hydrogen-bond acceptors (Lipinski definition) is 5. The molecule has 1 heterocycles. The summed E-state index contributed by atoms with van der Waals surface area (Å²) in [4.78, 5) is 23.1. The lowest BCUT2D eigenvalue weighted by Crippen LogP contribution is -2.20. The van der Waals surface area contributed by atoms with Gasteiger partial charge in [-0.15, -0.1) is 11.3 Å². The molecule has 0 radical (unpaired) electrons. The monoisotopic (exact) mass is 289 g/mol. The maximum atomic E-state index is 11.9. The van der Waals surface area contributed by atoms with E-state index in [0.29, 0.717) is 5.71 Å². The third kappa shape index (κ3) is 3.07. The lowest BCUT2D eigenvalue weighted by atomic mass is 10.2. The van der Waals surface area contributed by atoms with Gasteiger partial charge in [-0.05, 0) is 24.4 Å². The molecule has 1 amide bonds. The van der Waals surface area contributed by atoms with Crippen LogP contribution in [-0.4, -0.2) is 16.5 Å². The molecule has 2 aromatic rings. The smallest absolute Gasteiger partial charge is 0.267 e. The van der Waals surface area contributed by atoms with Gasteiger partial charge in [-0.25, -0.2) is 5.43 Å². The maximum Gasteiger partial charge on any atom is 0.282 e. The lowest BCUT2D eigenvalue weighted by Gasteiger charge is -2.02. The molecule has 1 N–H and O–H groups in total. The summed E-state index contributed by atoms with van der Waals surface area (Å²) in [7, 11) is 0. The van der Waals surface area contributed by atoms with Gasteiger partial charge in [0.05, 0.1) is 10.6 Å². The number of nitrogens with zero attached hydrogens (tertiary/aromatic N) is 2. The molecule has 0 unspecified atom stereocenters. The van der Waals surface area contributed by atoms with Crippen LogP contribution in [0, 0.1) is 10.1 Å². The van der Waals surface area contributed by atoms with Gasteiger partial charge in [-0.3, -0.25) is 14.9 Å². The highest BCUT2D eigenvalue weighted by Crippen LogP contribution is 2.17. The van der Waals surface area contributed by atoms with Crippen molar-refractivity contribution in [2.24, 2.45) is 5.10 Å². The zero-order valence-corrected chi connectivity index (χ0v) is 11.4. The van der Waals surface area contributed by atoms with Gasteiger partial charge in [0.15, 0.2) is 0 Å². The van der Waals surface area contributed by atoms with Crippen LogP contribution >= 0.6 is 11.3 Å². The molecular weight excluding hydrogens is 278 g/mol. The van der Waals surface area contributed by atoms with Gasteiger partial charge >= 0.3 is 0 Å². The van der Waals surface area contributed by atoms with E-state index in [2.05, 4.69) is 10.5 Å². The standard InChI is InChI=1S/C13H11N3O3S/c1-9(12-7-4-8-20-12)14-15-13(17)10-5-2-3-6-11(10)16(18)19/h2-8H,1H3,(H,15,17). The van der Waals surface area contributed by atoms with E-state index in [1.807, 2.05) is 17.5 Å². The van der Waals surface area contributed by atoms with Crippen LogP contribution < -0.4 is 5.43 Å². The van der Waals surface area contributed by atoms with Gasteiger partial charge in [0, 0.05) is 10.9 Å². The van der Waals surface area contributed by atoms with Crippen molar-refractivity contribution < 1.29 is 9.72 Å². The number of nitrogens with one attached hydrogen (secondary N) is 1. The number of nitro groups is 1. The van der Waals surface area contributed by atoms with E-state index in [1.54, 1.807) is 13.0 Å². The summed E-state index contributed by atoms with van der Waals surface area (Å²) < 4.78 is 0. The second-order valence-electron chi connectivity index (χ2n) is 3.89. The van der Waals surface area contributed by atoms with E-state index in [9.17, 15) is 14.9 Å². The fraction of sp³-hybridized carbons (Fsp3) is 0.0769. The summed E-state index contributed by atoms with van der Waals surface area (Å²) in [6, 6.07) is 9.50. The Hall–Kier alpha value is -2.54. The first-order chi connectivity index (χ1) is 9.59. The fourth-order valence-corrected chi connectivity index (χ4v) is 2.24. The molecule has 102 valence electrons. The molecule has 0 aliphatic heterocycles. The van der Waals surface area contributed by atoms with Crippen LogP contribution in [0.3, 0.4) is 0 Å². The molecular formula is C13H11N3O3S. The Bertz CT molecular complexity index is 665. The number of hydrazone groups is 1. The molecule has 0 saturated heterocycles. The van der Waals surface area contributed by atoms with Crippen molar-refractivity contribution in [3.05, 3.63) is 62.3 Å². The van der Waals surface area contributed by atoms with Crippen LogP contribution in [0.25, 0.3) is 0 Å². The molecule has 0 spiro atoms. The van der Waals surface area contributed by atoms with Crippen molar-refractivity contribution in [1.29, 1.82) is 0 Å². The summed E-state index contributed by atoms with van der Waals surface area (Å²) in [5.74, 6) is -0.604. The normalized spacial score (nSPS) is 11.2. The summed E-state index contributed by atoms with van der Waals surface area (Å²) in [5.41, 5.74) is 2.72. The number of rotatable bonds is 4. The van der Waals surface area contributed by atoms with Gasteiger partial charge in [0.25, 0.3) is 11.6 Å². The molecule has 0 aliphatic carbocycles. The summed E-state index contributed by atoms with van der Waals surface area (Å²) >= 11 is 1.50. The Morgan fingerprint density at radius 2 is 2.05 bits per heavy atom. The quantitative estimate of drug-likeness (QED) is 0.533. The van der Waals surface area contributed by atoms with Crippen molar-refractivity contribution in [1.82, 2.24) is 5.43 Å². The van der Waals surface area contributed by atoms with E-state index in [-0.39, 0.29) is 11.3 Å². The molecule has 0 atom stereocenters. The van der Waals surface area contributed by atoms with Gasteiger partial charge in [-0.2, -0.15) is 5.10 Å². The number of benzene rings is 1. The minimum Gasteiger partial charge on any atom is -0.267 e. The maximum absolute atomic E-state index is 11.9. The van der Waals surface area contributed by atoms with E-state index < -0.39 is 10.8 Å². The summed E-state index contributed by atoms with van der Waals surface area (Å²) in [6.07, 6.45) is 0. The number of nitro benzene ring substituents is 1. The largest absolute Gasteiger partial charge is 0.282 e. The summed E-state index contributed by atoms with van der Waals surface area (Å²) in [5, 5.41) is 16.7. The zero-order valence-electron chi connectivity index (χ0n) is 10.6. The predicted octanol–water partition coefficient (Wildman–Crippen LogP) is 2.81. The molecule has 0 aliphatic rings. The fourth-order valence-electron chi connectivity index (χ4n) is 1.56. The molecule has 0 saturated carbocycles. The highest BCUT2D eigenvalue weighted by molar-refractivity contribution is 7.12.